The molecule has 0 amide bonds. The molecule has 2 aliphatic rings. The summed E-state index contributed by atoms with van der Waals surface area (Å²) in [5.74, 6) is 0.357. The van der Waals surface area contributed by atoms with Crippen LogP contribution in [0.5, 0.6) is 0 Å². The molecule has 0 N–H and O–H groups in total. The summed E-state index contributed by atoms with van der Waals surface area (Å²) in [6.07, 6.45) is 9.59. The third kappa shape index (κ3) is 5.11. The molecule has 0 radical (unpaired) electrons. The maximum atomic E-state index is 12.3. The summed E-state index contributed by atoms with van der Waals surface area (Å²) in [6, 6.07) is 28.6. The number of aromatic nitrogens is 1. The number of thiazole rings is 1. The number of rotatable bonds is 5. The van der Waals surface area contributed by atoms with E-state index in [0.29, 0.717) is 5.92 Å². The molecule has 1 saturated carbocycles. The summed E-state index contributed by atoms with van der Waals surface area (Å²) in [5, 5.41) is 1.25. The molecule has 2 heterocycles. The Morgan fingerprint density at radius 2 is 1.60 bits per heavy atom. The van der Waals surface area contributed by atoms with Crippen molar-refractivity contribution in [3.05, 3.63) is 107 Å². The molecule has 1 aliphatic carbocycles. The number of ether oxygens (including phenoxy) is 1. The van der Waals surface area contributed by atoms with E-state index in [2.05, 4.69) is 115 Å². The monoisotopic (exact) mass is 549 g/mol. The molecule has 1 aromatic heterocycles. The number of nitrogens with zero attached hydrogens (tertiary/aromatic N) is 2. The average Bonchev–Trinajstić information content (AvgIpc) is 3.33. The third-order valence-electron chi connectivity index (χ3n) is 8.83. The molecule has 1 unspecified atom stereocenters. The van der Waals surface area contributed by atoms with E-state index in [1.807, 2.05) is 11.3 Å². The number of fused-ring (bicyclic) bond motifs is 2. The van der Waals surface area contributed by atoms with Gasteiger partial charge in [0.1, 0.15) is 11.7 Å². The lowest BCUT2D eigenvalue weighted by atomic mass is 9.77. The molecule has 5 heteroatoms. The van der Waals surface area contributed by atoms with Gasteiger partial charge in [-0.25, -0.2) is 0 Å². The van der Waals surface area contributed by atoms with Gasteiger partial charge in [-0.3, -0.25) is 4.79 Å². The summed E-state index contributed by atoms with van der Waals surface area (Å²) >= 11 is 1.85. The van der Waals surface area contributed by atoms with Crippen molar-refractivity contribution in [2.45, 2.75) is 38.1 Å². The maximum Gasteiger partial charge on any atom is 0.308 e. The van der Waals surface area contributed by atoms with Gasteiger partial charge < -0.3 is 9.64 Å². The van der Waals surface area contributed by atoms with Crippen LogP contribution in [0.3, 0.4) is 0 Å². The lowest BCUT2D eigenvalue weighted by Gasteiger charge is -2.38. The quantitative estimate of drug-likeness (QED) is 0.188. The Morgan fingerprint density at radius 3 is 2.35 bits per heavy atom. The first kappa shape index (κ1) is 26.5. The zero-order chi connectivity index (χ0) is 27.6. The van der Waals surface area contributed by atoms with E-state index in [1.54, 1.807) is 0 Å². The standard InChI is InChI=1S/C35H37N2O2S/c1-36-30-14-8-7-13-29(30)28(22-32(36)25-11-5-4-6-12-25)21-27(24-17-19-26(20-18-24)35(38)39-3)23-34-37(2)31-15-9-10-16-33(31)40-34/h4-16,21,23-24,26,32H,17-20,22H2,1-3H3/q+1. The van der Waals surface area contributed by atoms with Crippen molar-refractivity contribution in [3.63, 3.8) is 0 Å². The second-order valence-corrected chi connectivity index (χ2v) is 12.2. The molecular weight excluding hydrogens is 512 g/mol. The summed E-state index contributed by atoms with van der Waals surface area (Å²) in [4.78, 5) is 14.7. The fourth-order valence-electron chi connectivity index (χ4n) is 6.53. The highest BCUT2D eigenvalue weighted by molar-refractivity contribution is 7.18. The molecule has 6 rings (SSSR count). The molecule has 0 saturated heterocycles. The Morgan fingerprint density at radius 1 is 0.925 bits per heavy atom. The van der Waals surface area contributed by atoms with Crippen LogP contribution in [0.25, 0.3) is 21.9 Å². The molecule has 3 aromatic carbocycles. The minimum atomic E-state index is -0.0619. The number of carbonyl (C=O) groups excluding carboxylic acids is 1. The lowest BCUT2D eigenvalue weighted by molar-refractivity contribution is -0.642. The highest BCUT2D eigenvalue weighted by atomic mass is 32.1. The SMILES string of the molecule is COC(=O)C1CCC(C(/C=C2\CC(c3ccccc3)N(C)c3ccccc32)=C\c2sc3ccccc3[n+]2C)CC1. The number of para-hydroxylation sites is 2. The minimum absolute atomic E-state index is 0.0158. The number of anilines is 1. The zero-order valence-electron chi connectivity index (χ0n) is 23.5. The topological polar surface area (TPSA) is 33.4 Å². The first-order chi connectivity index (χ1) is 19.5. The number of methoxy groups -OCH3 is 1. The van der Waals surface area contributed by atoms with Crippen LogP contribution in [0.1, 0.15) is 54.3 Å². The van der Waals surface area contributed by atoms with E-state index in [4.69, 9.17) is 4.74 Å². The number of carbonyl (C=O) groups is 1. The average molecular weight is 550 g/mol. The predicted molar refractivity (Wildman–Crippen MR) is 165 cm³/mol. The Labute approximate surface area is 241 Å². The molecule has 1 atom stereocenters. The van der Waals surface area contributed by atoms with Gasteiger partial charge in [0.2, 0.25) is 5.52 Å². The van der Waals surface area contributed by atoms with Gasteiger partial charge in [0.25, 0.3) is 5.01 Å². The lowest BCUT2D eigenvalue weighted by Crippen LogP contribution is -2.30. The number of hydrogen-bond donors (Lipinski definition) is 0. The number of benzene rings is 3. The normalized spacial score (nSPS) is 22.4. The van der Waals surface area contributed by atoms with Crippen molar-refractivity contribution >= 4 is 44.9 Å². The van der Waals surface area contributed by atoms with Crippen molar-refractivity contribution in [1.82, 2.24) is 0 Å². The fraction of sp³-hybridized carbons (Fsp3) is 0.314. The van der Waals surface area contributed by atoms with Gasteiger partial charge in [-0.2, -0.15) is 4.57 Å². The van der Waals surface area contributed by atoms with Crippen LogP contribution in [0.2, 0.25) is 0 Å². The number of aryl methyl sites for hydroxylation is 1. The van der Waals surface area contributed by atoms with Crippen LogP contribution in [0.15, 0.2) is 90.5 Å². The second kappa shape index (κ2) is 11.4. The molecule has 204 valence electrons. The van der Waals surface area contributed by atoms with Crippen LogP contribution >= 0.6 is 11.3 Å². The number of hydrogen-bond acceptors (Lipinski definition) is 4. The smallest absolute Gasteiger partial charge is 0.308 e. The molecule has 4 aromatic rings. The Hall–Kier alpha value is -3.70. The molecule has 0 bridgehead atoms. The van der Waals surface area contributed by atoms with E-state index < -0.39 is 0 Å². The molecule has 1 aliphatic heterocycles. The number of allylic oxidation sites excluding steroid dienone is 2. The molecule has 1 fully saturated rings. The van der Waals surface area contributed by atoms with E-state index >= 15 is 0 Å². The summed E-state index contributed by atoms with van der Waals surface area (Å²) in [6.45, 7) is 0. The number of esters is 1. The van der Waals surface area contributed by atoms with Crippen molar-refractivity contribution in [1.29, 1.82) is 0 Å². The van der Waals surface area contributed by atoms with Crippen molar-refractivity contribution in [2.24, 2.45) is 18.9 Å². The van der Waals surface area contributed by atoms with Crippen LogP contribution in [-0.4, -0.2) is 20.1 Å². The van der Waals surface area contributed by atoms with Gasteiger partial charge in [0.15, 0.2) is 0 Å². The van der Waals surface area contributed by atoms with Crippen LogP contribution in [0.4, 0.5) is 5.69 Å². The Bertz CT molecular complexity index is 1580. The molecule has 4 nitrogen and oxygen atoms in total. The fourth-order valence-corrected chi connectivity index (χ4v) is 7.64. The van der Waals surface area contributed by atoms with Crippen molar-refractivity contribution < 1.29 is 14.1 Å². The molecule has 40 heavy (non-hydrogen) atoms. The van der Waals surface area contributed by atoms with Crippen molar-refractivity contribution in [3.8, 4) is 0 Å². The van der Waals surface area contributed by atoms with Gasteiger partial charge in [0.05, 0.1) is 19.1 Å². The van der Waals surface area contributed by atoms with Gasteiger partial charge in [0, 0.05) is 30.4 Å². The first-order valence-corrected chi connectivity index (χ1v) is 15.1. The maximum absolute atomic E-state index is 12.3. The summed E-state index contributed by atoms with van der Waals surface area (Å²) < 4.78 is 8.69. The van der Waals surface area contributed by atoms with Crippen LogP contribution in [-0.2, 0) is 16.6 Å². The highest BCUT2D eigenvalue weighted by Crippen LogP contribution is 2.45. The van der Waals surface area contributed by atoms with Gasteiger partial charge in [-0.15, -0.1) is 0 Å². The highest BCUT2D eigenvalue weighted by Gasteiger charge is 2.31. The first-order valence-electron chi connectivity index (χ1n) is 14.3. The van der Waals surface area contributed by atoms with E-state index in [0.717, 1.165) is 32.1 Å². The van der Waals surface area contributed by atoms with Crippen LogP contribution in [0, 0.1) is 11.8 Å². The van der Waals surface area contributed by atoms with E-state index in [1.165, 1.54) is 50.3 Å². The van der Waals surface area contributed by atoms with Gasteiger partial charge in [-0.05, 0) is 66.9 Å². The third-order valence-corrected chi connectivity index (χ3v) is 10.00. The van der Waals surface area contributed by atoms with E-state index in [-0.39, 0.29) is 17.9 Å². The summed E-state index contributed by atoms with van der Waals surface area (Å²) in [7, 11) is 5.89. The Balaban J connectivity index is 1.44. The Kier molecular flexibility index (Phi) is 7.57. The van der Waals surface area contributed by atoms with Gasteiger partial charge in [-0.1, -0.05) is 78.1 Å². The summed E-state index contributed by atoms with van der Waals surface area (Å²) in [5.41, 5.74) is 7.93. The van der Waals surface area contributed by atoms with E-state index in [9.17, 15) is 4.79 Å². The predicted octanol–water partition coefficient (Wildman–Crippen LogP) is 7.75. The minimum Gasteiger partial charge on any atom is -0.469 e. The zero-order valence-corrected chi connectivity index (χ0v) is 24.4. The second-order valence-electron chi connectivity index (χ2n) is 11.1. The largest absolute Gasteiger partial charge is 0.469 e. The van der Waals surface area contributed by atoms with Gasteiger partial charge >= 0.3 is 5.97 Å². The molecular formula is C35H37N2O2S+. The molecule has 0 spiro atoms. The van der Waals surface area contributed by atoms with Crippen molar-refractivity contribution in [2.75, 3.05) is 19.1 Å². The van der Waals surface area contributed by atoms with Crippen LogP contribution < -0.4 is 9.47 Å².